The lowest BCUT2D eigenvalue weighted by Gasteiger charge is -2.17. The summed E-state index contributed by atoms with van der Waals surface area (Å²) in [4.78, 5) is 12.0. The highest BCUT2D eigenvalue weighted by molar-refractivity contribution is 8.01. The third-order valence-corrected chi connectivity index (χ3v) is 4.71. The van der Waals surface area contributed by atoms with E-state index in [1.54, 1.807) is 23.1 Å². The maximum atomic E-state index is 10.8. The van der Waals surface area contributed by atoms with Crippen LogP contribution in [-0.2, 0) is 11.2 Å². The van der Waals surface area contributed by atoms with E-state index in [-0.39, 0.29) is 5.92 Å². The number of thiophene rings is 1. The predicted molar refractivity (Wildman–Crippen MR) is 54.6 cm³/mol. The standard InChI is InChI=1S/C9H10O2S2/c1-5-2-6-3-7(8(10)11)4-12-9(6)13-5/h2,7H,3-4H2,1H3,(H,10,11). The summed E-state index contributed by atoms with van der Waals surface area (Å²) in [6, 6.07) is 2.11. The van der Waals surface area contributed by atoms with Gasteiger partial charge >= 0.3 is 5.97 Å². The lowest BCUT2D eigenvalue weighted by Crippen LogP contribution is -2.21. The van der Waals surface area contributed by atoms with Crippen molar-refractivity contribution in [2.75, 3.05) is 5.75 Å². The second kappa shape index (κ2) is 3.35. The second-order valence-corrected chi connectivity index (χ2v) is 5.77. The highest BCUT2D eigenvalue weighted by Crippen LogP contribution is 2.38. The summed E-state index contributed by atoms with van der Waals surface area (Å²) in [5.74, 6) is -0.129. The van der Waals surface area contributed by atoms with Gasteiger partial charge in [-0.2, -0.15) is 0 Å². The molecule has 0 saturated carbocycles. The molecule has 0 aromatic carbocycles. The number of carboxylic acid groups (broad SMARTS) is 1. The largest absolute Gasteiger partial charge is 0.481 e. The summed E-state index contributed by atoms with van der Waals surface area (Å²) < 4.78 is 1.31. The summed E-state index contributed by atoms with van der Waals surface area (Å²) in [5.41, 5.74) is 1.23. The first-order valence-corrected chi connectivity index (χ1v) is 5.92. The lowest BCUT2D eigenvalue weighted by molar-refractivity contribution is -0.140. The van der Waals surface area contributed by atoms with E-state index in [9.17, 15) is 4.79 Å². The Morgan fingerprint density at radius 1 is 1.69 bits per heavy atom. The van der Waals surface area contributed by atoms with Gasteiger partial charge in [-0.25, -0.2) is 0 Å². The monoisotopic (exact) mass is 214 g/mol. The van der Waals surface area contributed by atoms with E-state index in [0.717, 1.165) is 5.75 Å². The summed E-state index contributed by atoms with van der Waals surface area (Å²) >= 11 is 3.46. The first-order valence-electron chi connectivity index (χ1n) is 4.11. The van der Waals surface area contributed by atoms with Gasteiger partial charge < -0.3 is 5.11 Å². The summed E-state index contributed by atoms with van der Waals surface area (Å²) in [7, 11) is 0. The Morgan fingerprint density at radius 2 is 2.46 bits per heavy atom. The van der Waals surface area contributed by atoms with Crippen molar-refractivity contribution in [1.82, 2.24) is 0 Å². The van der Waals surface area contributed by atoms with Crippen LogP contribution in [-0.4, -0.2) is 16.8 Å². The summed E-state index contributed by atoms with van der Waals surface area (Å²) in [5, 5.41) is 8.86. The number of rotatable bonds is 1. The summed E-state index contributed by atoms with van der Waals surface area (Å²) in [6.07, 6.45) is 0.710. The van der Waals surface area contributed by atoms with Crippen molar-refractivity contribution in [2.24, 2.45) is 5.92 Å². The zero-order valence-corrected chi connectivity index (χ0v) is 8.87. The van der Waals surface area contributed by atoms with Gasteiger partial charge in [-0.3, -0.25) is 4.79 Å². The predicted octanol–water partition coefficient (Wildman–Crippen LogP) is 2.41. The van der Waals surface area contributed by atoms with Gasteiger partial charge in [-0.05, 0) is 25.0 Å². The maximum Gasteiger partial charge on any atom is 0.307 e. The Kier molecular flexibility index (Phi) is 2.34. The fourth-order valence-corrected chi connectivity index (χ4v) is 4.01. The van der Waals surface area contributed by atoms with Crippen molar-refractivity contribution in [1.29, 1.82) is 0 Å². The van der Waals surface area contributed by atoms with Gasteiger partial charge in [0.2, 0.25) is 0 Å². The van der Waals surface area contributed by atoms with Crippen LogP contribution >= 0.6 is 23.1 Å². The first kappa shape index (κ1) is 9.09. The molecular weight excluding hydrogens is 204 g/mol. The number of carboxylic acids is 1. The Labute approximate surface area is 85.0 Å². The molecule has 0 radical (unpaired) electrons. The fraction of sp³-hybridized carbons (Fsp3) is 0.444. The van der Waals surface area contributed by atoms with Gasteiger partial charge in [-0.1, -0.05) is 0 Å². The molecule has 2 heterocycles. The van der Waals surface area contributed by atoms with Crippen LogP contribution in [0.25, 0.3) is 0 Å². The average Bonchev–Trinajstić information content (AvgIpc) is 2.42. The molecule has 0 spiro atoms. The van der Waals surface area contributed by atoms with Crippen LogP contribution in [0.15, 0.2) is 10.3 Å². The molecule has 0 aliphatic carbocycles. The van der Waals surface area contributed by atoms with E-state index < -0.39 is 5.97 Å². The average molecular weight is 214 g/mol. The van der Waals surface area contributed by atoms with Crippen molar-refractivity contribution in [2.45, 2.75) is 17.6 Å². The second-order valence-electron chi connectivity index (χ2n) is 3.22. The molecule has 1 aliphatic rings. The normalized spacial score (nSPS) is 21.2. The van der Waals surface area contributed by atoms with Crippen LogP contribution in [0.3, 0.4) is 0 Å². The van der Waals surface area contributed by atoms with E-state index in [0.29, 0.717) is 6.42 Å². The zero-order chi connectivity index (χ0) is 9.42. The van der Waals surface area contributed by atoms with Crippen LogP contribution in [0.2, 0.25) is 0 Å². The molecular formula is C9H10O2S2. The topological polar surface area (TPSA) is 37.3 Å². The van der Waals surface area contributed by atoms with Crippen LogP contribution < -0.4 is 0 Å². The number of hydrogen-bond acceptors (Lipinski definition) is 3. The third kappa shape index (κ3) is 1.74. The van der Waals surface area contributed by atoms with Crippen molar-refractivity contribution >= 4 is 29.1 Å². The summed E-state index contributed by atoms with van der Waals surface area (Å²) in [6.45, 7) is 2.07. The van der Waals surface area contributed by atoms with Crippen molar-refractivity contribution in [3.8, 4) is 0 Å². The van der Waals surface area contributed by atoms with Gasteiger partial charge in [0.05, 0.1) is 10.1 Å². The smallest absolute Gasteiger partial charge is 0.307 e. The van der Waals surface area contributed by atoms with E-state index in [4.69, 9.17) is 5.11 Å². The SMILES string of the molecule is Cc1cc2c(s1)SCC(C(=O)O)C2. The number of aryl methyl sites for hydroxylation is 1. The van der Waals surface area contributed by atoms with Crippen molar-refractivity contribution in [3.63, 3.8) is 0 Å². The zero-order valence-electron chi connectivity index (χ0n) is 7.24. The number of carbonyl (C=O) groups is 1. The Hall–Kier alpha value is -0.480. The van der Waals surface area contributed by atoms with Crippen molar-refractivity contribution < 1.29 is 9.90 Å². The maximum absolute atomic E-state index is 10.8. The Morgan fingerprint density at radius 3 is 3.15 bits per heavy atom. The molecule has 1 atom stereocenters. The molecule has 2 nitrogen and oxygen atoms in total. The van der Waals surface area contributed by atoms with Crippen LogP contribution in [0.5, 0.6) is 0 Å². The highest BCUT2D eigenvalue weighted by Gasteiger charge is 2.25. The first-order chi connectivity index (χ1) is 6.16. The lowest BCUT2D eigenvalue weighted by atomic mass is 10.0. The van der Waals surface area contributed by atoms with Gasteiger partial charge in [0, 0.05) is 10.6 Å². The minimum atomic E-state index is -0.665. The number of fused-ring (bicyclic) bond motifs is 1. The van der Waals surface area contributed by atoms with E-state index in [1.807, 2.05) is 0 Å². The molecule has 0 bridgehead atoms. The molecule has 2 rings (SSSR count). The van der Waals surface area contributed by atoms with Crippen LogP contribution in [0, 0.1) is 12.8 Å². The van der Waals surface area contributed by atoms with Gasteiger partial charge in [0.25, 0.3) is 0 Å². The molecule has 4 heteroatoms. The minimum Gasteiger partial charge on any atom is -0.481 e. The third-order valence-electron chi connectivity index (χ3n) is 2.12. The molecule has 1 unspecified atom stereocenters. The number of thioether (sulfide) groups is 1. The quantitative estimate of drug-likeness (QED) is 0.780. The molecule has 13 heavy (non-hydrogen) atoms. The molecule has 1 aromatic rings. The molecule has 1 aromatic heterocycles. The number of aliphatic carboxylic acids is 1. The molecule has 70 valence electrons. The minimum absolute atomic E-state index is 0.188. The van der Waals surface area contributed by atoms with Crippen LogP contribution in [0.1, 0.15) is 10.4 Å². The van der Waals surface area contributed by atoms with Gasteiger partial charge in [0.1, 0.15) is 0 Å². The molecule has 1 aliphatic heterocycles. The molecule has 1 N–H and O–H groups in total. The molecule has 0 amide bonds. The number of hydrogen-bond donors (Lipinski definition) is 1. The van der Waals surface area contributed by atoms with Crippen molar-refractivity contribution in [3.05, 3.63) is 16.5 Å². The van der Waals surface area contributed by atoms with Gasteiger partial charge in [0.15, 0.2) is 0 Å². The van der Waals surface area contributed by atoms with Crippen LogP contribution in [0.4, 0.5) is 0 Å². The van der Waals surface area contributed by atoms with E-state index >= 15 is 0 Å². The Bertz CT molecular complexity index is 343. The van der Waals surface area contributed by atoms with E-state index in [2.05, 4.69) is 13.0 Å². The van der Waals surface area contributed by atoms with Gasteiger partial charge in [-0.15, -0.1) is 23.1 Å². The Balaban J connectivity index is 2.24. The van der Waals surface area contributed by atoms with E-state index in [1.165, 1.54) is 14.6 Å². The highest BCUT2D eigenvalue weighted by atomic mass is 32.2. The fourth-order valence-electron chi connectivity index (χ4n) is 1.47. The molecule has 0 fully saturated rings. The molecule has 0 saturated heterocycles.